The number of nitrogens with one attached hydrogen (secondary N) is 1. The van der Waals surface area contributed by atoms with Crippen LogP contribution in [0.1, 0.15) is 37.3 Å². The highest BCUT2D eigenvalue weighted by molar-refractivity contribution is 5.66. The number of carbonyl (C=O) groups is 1. The number of hydrogen-bond acceptors (Lipinski definition) is 4. The second kappa shape index (κ2) is 9.42. The fourth-order valence-electron chi connectivity index (χ4n) is 3.41. The maximum Gasteiger partial charge on any atom is 0.303 e. The van der Waals surface area contributed by atoms with Gasteiger partial charge in [-0.15, -0.1) is 0 Å². The highest BCUT2D eigenvalue weighted by Crippen LogP contribution is 2.32. The third-order valence-electron chi connectivity index (χ3n) is 4.85. The Hall–Kier alpha value is -2.53. The van der Waals surface area contributed by atoms with E-state index in [1.165, 1.54) is 11.1 Å². The summed E-state index contributed by atoms with van der Waals surface area (Å²) in [6.07, 6.45) is 3.54. The van der Waals surface area contributed by atoms with Crippen LogP contribution in [-0.4, -0.2) is 30.0 Å². The average Bonchev–Trinajstić information content (AvgIpc) is 3.13. The molecule has 2 aromatic carbocycles. The molecular weight excluding hydrogens is 342 g/mol. The van der Waals surface area contributed by atoms with E-state index in [2.05, 4.69) is 30.4 Å². The summed E-state index contributed by atoms with van der Waals surface area (Å²) in [5.41, 5.74) is 2.45. The van der Waals surface area contributed by atoms with Crippen molar-refractivity contribution in [2.75, 3.05) is 6.79 Å². The van der Waals surface area contributed by atoms with Gasteiger partial charge in [-0.2, -0.15) is 0 Å². The zero-order chi connectivity index (χ0) is 19.1. The van der Waals surface area contributed by atoms with E-state index in [-0.39, 0.29) is 18.5 Å². The second-order valence-corrected chi connectivity index (χ2v) is 7.11. The predicted molar refractivity (Wildman–Crippen MR) is 104 cm³/mol. The number of rotatable bonds is 10. The van der Waals surface area contributed by atoms with Gasteiger partial charge in [-0.1, -0.05) is 36.4 Å². The number of ether oxygens (including phenoxy) is 2. The Labute approximate surface area is 160 Å². The summed E-state index contributed by atoms with van der Waals surface area (Å²) >= 11 is 0. The van der Waals surface area contributed by atoms with Crippen LogP contribution in [0.4, 0.5) is 0 Å². The lowest BCUT2D eigenvalue weighted by Gasteiger charge is -2.23. The van der Waals surface area contributed by atoms with Gasteiger partial charge >= 0.3 is 5.97 Å². The number of hydrogen-bond donors (Lipinski definition) is 2. The van der Waals surface area contributed by atoms with Crippen LogP contribution in [0.2, 0.25) is 0 Å². The number of benzene rings is 2. The minimum atomic E-state index is -0.747. The van der Waals surface area contributed by atoms with E-state index in [1.54, 1.807) is 0 Å². The minimum absolute atomic E-state index is 0.148. The molecule has 0 bridgehead atoms. The lowest BCUT2D eigenvalue weighted by molar-refractivity contribution is -0.137. The molecule has 5 nitrogen and oxygen atoms in total. The topological polar surface area (TPSA) is 67.8 Å². The Morgan fingerprint density at radius 3 is 2.63 bits per heavy atom. The summed E-state index contributed by atoms with van der Waals surface area (Å²) in [6.45, 7) is 2.45. The molecule has 2 atom stereocenters. The fourth-order valence-corrected chi connectivity index (χ4v) is 3.41. The third kappa shape index (κ3) is 6.00. The van der Waals surface area contributed by atoms with Crippen molar-refractivity contribution < 1.29 is 19.4 Å². The molecular formula is C22H27NO4. The molecule has 27 heavy (non-hydrogen) atoms. The van der Waals surface area contributed by atoms with Gasteiger partial charge in [-0.3, -0.25) is 4.79 Å². The standard InChI is InChI=1S/C22H27NO4/c1-16(7-8-18-9-11-20-21(14-18)27-15-26-20)23-19(10-12-22(24)25)13-17-5-3-2-4-6-17/h2-6,9,11,14,16,19,23H,7-8,10,12-13,15H2,1H3,(H,24,25). The van der Waals surface area contributed by atoms with E-state index in [0.717, 1.165) is 30.8 Å². The minimum Gasteiger partial charge on any atom is -0.481 e. The molecule has 1 aliphatic rings. The average molecular weight is 369 g/mol. The van der Waals surface area contributed by atoms with Crippen LogP contribution in [-0.2, 0) is 17.6 Å². The molecule has 2 N–H and O–H groups in total. The lowest BCUT2D eigenvalue weighted by atomic mass is 9.99. The summed E-state index contributed by atoms with van der Waals surface area (Å²) in [5.74, 6) is 0.876. The van der Waals surface area contributed by atoms with Crippen molar-refractivity contribution >= 4 is 5.97 Å². The van der Waals surface area contributed by atoms with Crippen LogP contribution >= 0.6 is 0 Å². The smallest absolute Gasteiger partial charge is 0.303 e. The second-order valence-electron chi connectivity index (χ2n) is 7.11. The molecule has 0 radical (unpaired) electrons. The van der Waals surface area contributed by atoms with Crippen LogP contribution in [0.25, 0.3) is 0 Å². The van der Waals surface area contributed by atoms with Crippen molar-refractivity contribution in [3.63, 3.8) is 0 Å². The number of carboxylic acids is 1. The van der Waals surface area contributed by atoms with Crippen molar-refractivity contribution in [3.05, 3.63) is 59.7 Å². The van der Waals surface area contributed by atoms with E-state index in [4.69, 9.17) is 14.6 Å². The predicted octanol–water partition coefficient (Wildman–Crippen LogP) is 3.80. The molecule has 0 aromatic heterocycles. The number of aryl methyl sites for hydroxylation is 1. The molecule has 0 amide bonds. The first-order valence-electron chi connectivity index (χ1n) is 9.50. The van der Waals surface area contributed by atoms with Crippen LogP contribution in [0, 0.1) is 0 Å². The molecule has 0 saturated heterocycles. The van der Waals surface area contributed by atoms with Gasteiger partial charge < -0.3 is 19.9 Å². The van der Waals surface area contributed by atoms with Gasteiger partial charge in [0.25, 0.3) is 0 Å². The van der Waals surface area contributed by atoms with Crippen molar-refractivity contribution in [2.24, 2.45) is 0 Å². The monoisotopic (exact) mass is 369 g/mol. The highest BCUT2D eigenvalue weighted by Gasteiger charge is 2.16. The molecule has 144 valence electrons. The van der Waals surface area contributed by atoms with Gasteiger partial charge in [0.2, 0.25) is 6.79 Å². The molecule has 1 aliphatic heterocycles. The number of aliphatic carboxylic acids is 1. The zero-order valence-electron chi connectivity index (χ0n) is 15.7. The molecule has 0 spiro atoms. The van der Waals surface area contributed by atoms with Gasteiger partial charge in [0, 0.05) is 18.5 Å². The molecule has 1 heterocycles. The van der Waals surface area contributed by atoms with Gasteiger partial charge in [-0.25, -0.2) is 0 Å². The summed E-state index contributed by atoms with van der Waals surface area (Å²) in [6, 6.07) is 16.7. The van der Waals surface area contributed by atoms with Crippen molar-refractivity contribution in [1.29, 1.82) is 0 Å². The Bertz CT molecular complexity index is 747. The summed E-state index contributed by atoms with van der Waals surface area (Å²) in [4.78, 5) is 11.0. The van der Waals surface area contributed by atoms with Crippen LogP contribution in [0.3, 0.4) is 0 Å². The first-order valence-corrected chi connectivity index (χ1v) is 9.50. The van der Waals surface area contributed by atoms with E-state index in [1.807, 2.05) is 30.3 Å². The molecule has 2 unspecified atom stereocenters. The maximum atomic E-state index is 11.0. The first kappa shape index (κ1) is 19.2. The molecule has 0 fully saturated rings. The Kier molecular flexibility index (Phi) is 6.71. The molecule has 3 rings (SSSR count). The molecule has 0 saturated carbocycles. The Morgan fingerprint density at radius 2 is 1.85 bits per heavy atom. The first-order chi connectivity index (χ1) is 13.1. The van der Waals surface area contributed by atoms with Crippen molar-refractivity contribution in [2.45, 2.75) is 51.1 Å². The van der Waals surface area contributed by atoms with Gasteiger partial charge in [0.15, 0.2) is 11.5 Å². The van der Waals surface area contributed by atoms with Gasteiger partial charge in [0.1, 0.15) is 0 Å². The summed E-state index contributed by atoms with van der Waals surface area (Å²) in [7, 11) is 0. The fraction of sp³-hybridized carbons (Fsp3) is 0.409. The van der Waals surface area contributed by atoms with E-state index >= 15 is 0 Å². The molecule has 2 aromatic rings. The SMILES string of the molecule is CC(CCc1ccc2c(c1)OCO2)NC(CCC(=O)O)Cc1ccccc1. The maximum absolute atomic E-state index is 11.0. The van der Waals surface area contributed by atoms with Gasteiger partial charge in [0.05, 0.1) is 0 Å². The van der Waals surface area contributed by atoms with Crippen LogP contribution in [0.15, 0.2) is 48.5 Å². The number of carboxylic acid groups (broad SMARTS) is 1. The molecule has 5 heteroatoms. The summed E-state index contributed by atoms with van der Waals surface area (Å²) in [5, 5.41) is 12.7. The van der Waals surface area contributed by atoms with E-state index in [0.29, 0.717) is 13.2 Å². The lowest BCUT2D eigenvalue weighted by Crippen LogP contribution is -2.38. The van der Waals surface area contributed by atoms with Crippen LogP contribution < -0.4 is 14.8 Å². The highest BCUT2D eigenvalue weighted by atomic mass is 16.7. The largest absolute Gasteiger partial charge is 0.481 e. The van der Waals surface area contributed by atoms with Crippen LogP contribution in [0.5, 0.6) is 11.5 Å². The zero-order valence-corrected chi connectivity index (χ0v) is 15.7. The third-order valence-corrected chi connectivity index (χ3v) is 4.85. The Morgan fingerprint density at radius 1 is 1.07 bits per heavy atom. The van der Waals surface area contributed by atoms with E-state index in [9.17, 15) is 4.79 Å². The normalized spacial score (nSPS) is 14.7. The number of fused-ring (bicyclic) bond motifs is 1. The van der Waals surface area contributed by atoms with Gasteiger partial charge in [-0.05, 0) is 55.9 Å². The quantitative estimate of drug-likeness (QED) is 0.667. The van der Waals surface area contributed by atoms with E-state index < -0.39 is 5.97 Å². The molecule has 0 aliphatic carbocycles. The van der Waals surface area contributed by atoms with Crippen molar-refractivity contribution in [1.82, 2.24) is 5.32 Å². The van der Waals surface area contributed by atoms with Crippen molar-refractivity contribution in [3.8, 4) is 11.5 Å². The summed E-state index contributed by atoms with van der Waals surface area (Å²) < 4.78 is 10.8. The Balaban J connectivity index is 1.53.